The smallest absolute Gasteiger partial charge is 0.410 e. The van der Waals surface area contributed by atoms with Crippen molar-refractivity contribution in [2.45, 2.75) is 52.9 Å². The Kier molecular flexibility index (Phi) is 8.64. The Labute approximate surface area is 119 Å². The number of nitrogens with zero attached hydrogens (tertiary/aromatic N) is 1. The molecule has 0 aliphatic carbocycles. The van der Waals surface area contributed by atoms with E-state index in [-0.39, 0.29) is 6.61 Å². The normalized spacial score (nSPS) is 19.4. The molecule has 1 aliphatic heterocycles. The highest BCUT2D eigenvalue weighted by molar-refractivity contribution is 5.68. The quantitative estimate of drug-likeness (QED) is 0.869. The lowest BCUT2D eigenvalue weighted by Gasteiger charge is -2.36. The summed E-state index contributed by atoms with van der Waals surface area (Å²) in [6, 6.07) is -0.428. The number of hydrogen-bond acceptors (Lipinski definition) is 4. The van der Waals surface area contributed by atoms with Crippen LogP contribution in [-0.2, 0) is 9.47 Å². The van der Waals surface area contributed by atoms with Crippen LogP contribution in [0.4, 0.5) is 13.6 Å². The van der Waals surface area contributed by atoms with Crippen LogP contribution in [0.5, 0.6) is 0 Å². The van der Waals surface area contributed by atoms with Gasteiger partial charge in [-0.05, 0) is 20.8 Å². The summed E-state index contributed by atoms with van der Waals surface area (Å²) in [5.41, 5.74) is -0.601. The topological polar surface area (TPSA) is 50.8 Å². The first-order valence-corrected chi connectivity index (χ1v) is 6.89. The zero-order valence-corrected chi connectivity index (χ0v) is 12.9. The maximum absolute atomic E-state index is 12.0. The van der Waals surface area contributed by atoms with E-state index in [0.717, 1.165) is 0 Å². The Morgan fingerprint density at radius 2 is 2.00 bits per heavy atom. The largest absolute Gasteiger partial charge is 0.444 e. The second-order valence-corrected chi connectivity index (χ2v) is 5.13. The highest BCUT2D eigenvalue weighted by Gasteiger charge is 2.30. The summed E-state index contributed by atoms with van der Waals surface area (Å²) in [7, 11) is 0. The van der Waals surface area contributed by atoms with Crippen molar-refractivity contribution < 1.29 is 23.0 Å². The Morgan fingerprint density at radius 3 is 2.50 bits per heavy atom. The molecule has 1 N–H and O–H groups in total. The number of hydrogen-bond donors (Lipinski definition) is 1. The molecule has 1 rings (SSSR count). The molecule has 1 heterocycles. The molecule has 0 aromatic heterocycles. The molecule has 0 aromatic carbocycles. The number of nitrogens with one attached hydrogen (secondary N) is 1. The van der Waals surface area contributed by atoms with E-state index in [1.54, 1.807) is 20.8 Å². The summed E-state index contributed by atoms with van der Waals surface area (Å²) in [5.74, 6) is 0. The predicted molar refractivity (Wildman–Crippen MR) is 72.9 cm³/mol. The first-order chi connectivity index (χ1) is 9.29. The third-order valence-electron chi connectivity index (χ3n) is 2.39. The number of carbonyl (C=O) groups is 1. The molecule has 1 fully saturated rings. The molecule has 1 unspecified atom stereocenters. The highest BCUT2D eigenvalue weighted by atomic mass is 19.3. The van der Waals surface area contributed by atoms with Gasteiger partial charge >= 0.3 is 12.7 Å². The van der Waals surface area contributed by atoms with Crippen molar-refractivity contribution >= 4 is 6.09 Å². The van der Waals surface area contributed by atoms with Gasteiger partial charge in [0.1, 0.15) is 5.60 Å². The van der Waals surface area contributed by atoms with Crippen molar-refractivity contribution in [2.75, 3.05) is 26.2 Å². The summed E-state index contributed by atoms with van der Waals surface area (Å²) in [6.07, 6.45) is -0.494. The van der Waals surface area contributed by atoms with E-state index < -0.39 is 24.3 Å². The summed E-state index contributed by atoms with van der Waals surface area (Å²) in [6.45, 7) is 7.71. The minimum Gasteiger partial charge on any atom is -0.444 e. The fourth-order valence-electron chi connectivity index (χ4n) is 1.65. The van der Waals surface area contributed by atoms with Crippen LogP contribution in [0.1, 0.15) is 34.6 Å². The Hall–Kier alpha value is -0.950. The minimum absolute atomic E-state index is 0.204. The van der Waals surface area contributed by atoms with E-state index in [1.807, 2.05) is 13.8 Å². The number of alkyl halides is 2. The molecular formula is C13H26F2N2O3. The standard InChI is InChI=1S/C11H20F2N2O3.C2H6/c1-11(2,3)18-10(16)15-5-4-14-6-8(15)7-17-9(12)13;1-2/h8-9,14H,4-7H2,1-3H3;1-2H3. The van der Waals surface area contributed by atoms with Gasteiger partial charge < -0.3 is 19.7 Å². The van der Waals surface area contributed by atoms with Gasteiger partial charge in [-0.2, -0.15) is 8.78 Å². The van der Waals surface area contributed by atoms with Crippen molar-refractivity contribution in [2.24, 2.45) is 0 Å². The molecule has 0 bridgehead atoms. The second-order valence-electron chi connectivity index (χ2n) is 5.13. The van der Waals surface area contributed by atoms with E-state index in [9.17, 15) is 13.6 Å². The van der Waals surface area contributed by atoms with E-state index in [1.165, 1.54) is 4.90 Å². The average molecular weight is 296 g/mol. The summed E-state index contributed by atoms with van der Waals surface area (Å²) in [5, 5.41) is 3.03. The molecule has 7 heteroatoms. The molecule has 1 aliphatic rings. The number of rotatable bonds is 3. The van der Waals surface area contributed by atoms with E-state index in [2.05, 4.69) is 10.1 Å². The molecule has 0 spiro atoms. The van der Waals surface area contributed by atoms with Crippen molar-refractivity contribution in [1.82, 2.24) is 10.2 Å². The van der Waals surface area contributed by atoms with Crippen molar-refractivity contribution in [3.05, 3.63) is 0 Å². The molecule has 0 aromatic rings. The SMILES string of the molecule is CC.CC(C)(C)OC(=O)N1CCNCC1COC(F)F. The van der Waals surface area contributed by atoms with Crippen LogP contribution < -0.4 is 5.32 Å². The Balaban J connectivity index is 0.00000172. The lowest BCUT2D eigenvalue weighted by Crippen LogP contribution is -2.56. The molecular weight excluding hydrogens is 270 g/mol. The Bertz CT molecular complexity index is 283. The fraction of sp³-hybridized carbons (Fsp3) is 0.923. The summed E-state index contributed by atoms with van der Waals surface area (Å²) in [4.78, 5) is 13.3. The number of carbonyl (C=O) groups excluding carboxylic acids is 1. The summed E-state index contributed by atoms with van der Waals surface area (Å²) < 4.78 is 33.5. The molecule has 1 saturated heterocycles. The Morgan fingerprint density at radius 1 is 1.40 bits per heavy atom. The second kappa shape index (κ2) is 9.07. The van der Waals surface area contributed by atoms with E-state index in [4.69, 9.17) is 4.74 Å². The number of amides is 1. The molecule has 0 radical (unpaired) electrons. The van der Waals surface area contributed by atoms with Crippen LogP contribution in [0.15, 0.2) is 0 Å². The number of piperazine rings is 1. The van der Waals surface area contributed by atoms with Gasteiger partial charge in [-0.25, -0.2) is 4.79 Å². The van der Waals surface area contributed by atoms with Crippen molar-refractivity contribution in [3.63, 3.8) is 0 Å². The third-order valence-corrected chi connectivity index (χ3v) is 2.39. The van der Waals surface area contributed by atoms with Gasteiger partial charge in [0.15, 0.2) is 0 Å². The molecule has 0 saturated carbocycles. The monoisotopic (exact) mass is 296 g/mol. The maximum Gasteiger partial charge on any atom is 0.410 e. The van der Waals surface area contributed by atoms with Crippen LogP contribution in [0.2, 0.25) is 0 Å². The maximum atomic E-state index is 12.0. The predicted octanol–water partition coefficient (Wildman–Crippen LogP) is 2.46. The minimum atomic E-state index is -2.83. The molecule has 1 atom stereocenters. The van der Waals surface area contributed by atoms with Gasteiger partial charge in [-0.1, -0.05) is 13.8 Å². The van der Waals surface area contributed by atoms with E-state index >= 15 is 0 Å². The third kappa shape index (κ3) is 7.59. The van der Waals surface area contributed by atoms with Crippen LogP contribution >= 0.6 is 0 Å². The van der Waals surface area contributed by atoms with Crippen LogP contribution in [-0.4, -0.2) is 55.5 Å². The van der Waals surface area contributed by atoms with Crippen LogP contribution in [0.25, 0.3) is 0 Å². The van der Waals surface area contributed by atoms with Gasteiger partial charge in [-0.3, -0.25) is 0 Å². The fourth-order valence-corrected chi connectivity index (χ4v) is 1.65. The zero-order valence-electron chi connectivity index (χ0n) is 12.9. The van der Waals surface area contributed by atoms with Gasteiger partial charge in [-0.15, -0.1) is 0 Å². The number of ether oxygens (including phenoxy) is 2. The van der Waals surface area contributed by atoms with Gasteiger partial charge in [0.2, 0.25) is 0 Å². The lowest BCUT2D eigenvalue weighted by atomic mass is 10.2. The summed E-state index contributed by atoms with van der Waals surface area (Å²) >= 11 is 0. The van der Waals surface area contributed by atoms with Gasteiger partial charge in [0, 0.05) is 19.6 Å². The van der Waals surface area contributed by atoms with Crippen LogP contribution in [0, 0.1) is 0 Å². The molecule has 20 heavy (non-hydrogen) atoms. The lowest BCUT2D eigenvalue weighted by molar-refractivity contribution is -0.141. The molecule has 120 valence electrons. The molecule has 5 nitrogen and oxygen atoms in total. The van der Waals surface area contributed by atoms with E-state index in [0.29, 0.717) is 19.6 Å². The zero-order chi connectivity index (χ0) is 15.8. The number of halogens is 2. The average Bonchev–Trinajstić information content (AvgIpc) is 2.37. The highest BCUT2D eigenvalue weighted by Crippen LogP contribution is 2.14. The first kappa shape index (κ1) is 19.1. The van der Waals surface area contributed by atoms with Crippen molar-refractivity contribution in [1.29, 1.82) is 0 Å². The first-order valence-electron chi connectivity index (χ1n) is 6.89. The van der Waals surface area contributed by atoms with Crippen LogP contribution in [0.3, 0.4) is 0 Å². The van der Waals surface area contributed by atoms with Gasteiger partial charge in [0.05, 0.1) is 12.6 Å². The van der Waals surface area contributed by atoms with Crippen molar-refractivity contribution in [3.8, 4) is 0 Å². The molecule has 1 amide bonds. The van der Waals surface area contributed by atoms with Gasteiger partial charge in [0.25, 0.3) is 0 Å².